The fraction of sp³-hybridized carbons (Fsp3) is 0.667. The summed E-state index contributed by atoms with van der Waals surface area (Å²) in [5.41, 5.74) is 0. The van der Waals surface area contributed by atoms with E-state index in [-0.39, 0.29) is 17.0 Å². The van der Waals surface area contributed by atoms with Crippen LogP contribution in [0.15, 0.2) is 30.3 Å². The molecule has 2 fully saturated rings. The molecule has 0 radical (unpaired) electrons. The topological polar surface area (TPSA) is 0 Å². The van der Waals surface area contributed by atoms with Gasteiger partial charge in [-0.15, -0.1) is 0 Å². The second-order valence-electron chi connectivity index (χ2n) is 6.49. The molecular formula is C18H27BrSn. The van der Waals surface area contributed by atoms with Crippen molar-refractivity contribution in [2.24, 2.45) is 0 Å². The van der Waals surface area contributed by atoms with Crippen molar-refractivity contribution in [3.63, 3.8) is 0 Å². The summed E-state index contributed by atoms with van der Waals surface area (Å²) in [7, 11) is 0. The quantitative estimate of drug-likeness (QED) is 0.630. The van der Waals surface area contributed by atoms with Crippen LogP contribution < -0.4 is 20.6 Å². The molecule has 2 heteroatoms. The minimum absolute atomic E-state index is 0. The van der Waals surface area contributed by atoms with Crippen molar-refractivity contribution in [1.29, 1.82) is 0 Å². The van der Waals surface area contributed by atoms with E-state index in [9.17, 15) is 0 Å². The fourth-order valence-electron chi connectivity index (χ4n) is 4.26. The monoisotopic (exact) mass is 442 g/mol. The summed E-state index contributed by atoms with van der Waals surface area (Å²) in [5, 5.41) is 0. The predicted molar refractivity (Wildman–Crippen MR) is 85.5 cm³/mol. The molecule has 0 amide bonds. The zero-order valence-electron chi connectivity index (χ0n) is 12.5. The minimum atomic E-state index is -1.43. The van der Waals surface area contributed by atoms with Crippen molar-refractivity contribution in [2.45, 2.75) is 72.1 Å². The molecule has 0 atom stereocenters. The summed E-state index contributed by atoms with van der Waals surface area (Å²) in [4.78, 5) is 0. The Morgan fingerprint density at radius 3 is 1.55 bits per heavy atom. The van der Waals surface area contributed by atoms with Crippen LogP contribution in [0.1, 0.15) is 64.2 Å². The number of hydrogen-bond acceptors (Lipinski definition) is 0. The van der Waals surface area contributed by atoms with Crippen molar-refractivity contribution in [3.8, 4) is 0 Å². The van der Waals surface area contributed by atoms with Gasteiger partial charge in [0.2, 0.25) is 0 Å². The molecule has 0 bridgehead atoms. The molecule has 0 aromatic heterocycles. The van der Waals surface area contributed by atoms with Gasteiger partial charge in [0, 0.05) is 0 Å². The number of rotatable bonds is 3. The Bertz CT molecular complexity index is 348. The predicted octanol–water partition coefficient (Wildman–Crippen LogP) is 2.06. The molecule has 1 aromatic rings. The van der Waals surface area contributed by atoms with Crippen LogP contribution in [0.4, 0.5) is 0 Å². The maximum atomic E-state index is 2.48. The number of hydrogen-bond donors (Lipinski definition) is 0. The van der Waals surface area contributed by atoms with Crippen LogP contribution in [0, 0.1) is 0 Å². The van der Waals surface area contributed by atoms with Crippen molar-refractivity contribution in [3.05, 3.63) is 30.3 Å². The summed E-state index contributed by atoms with van der Waals surface area (Å²) in [6.07, 6.45) is 15.4. The van der Waals surface area contributed by atoms with E-state index in [0.29, 0.717) is 0 Å². The van der Waals surface area contributed by atoms with E-state index >= 15 is 0 Å². The van der Waals surface area contributed by atoms with Crippen LogP contribution in [0.3, 0.4) is 0 Å². The van der Waals surface area contributed by atoms with Crippen LogP contribution in [0.5, 0.6) is 0 Å². The SMILES string of the molecule is [Br-].c1cc[c]([Sn+]([CH]2CCCCC2)[CH]2CCCCC2)cc1. The van der Waals surface area contributed by atoms with Gasteiger partial charge in [0.1, 0.15) is 0 Å². The molecule has 2 saturated carbocycles. The zero-order chi connectivity index (χ0) is 12.9. The summed E-state index contributed by atoms with van der Waals surface area (Å²) in [5.74, 6) is 0. The third-order valence-corrected chi connectivity index (χ3v) is 16.4. The third kappa shape index (κ3) is 4.25. The first-order valence-corrected chi connectivity index (χ1v) is 13.1. The Morgan fingerprint density at radius 1 is 0.650 bits per heavy atom. The second kappa shape index (κ2) is 8.82. The molecule has 0 saturated heterocycles. The molecular weight excluding hydrogens is 415 g/mol. The van der Waals surface area contributed by atoms with Crippen LogP contribution in [-0.4, -0.2) is 19.8 Å². The fourth-order valence-corrected chi connectivity index (χ4v) is 16.4. The maximum absolute atomic E-state index is 2.48. The van der Waals surface area contributed by atoms with Gasteiger partial charge in [-0.25, -0.2) is 0 Å². The molecule has 0 spiro atoms. The molecule has 0 N–H and O–H groups in total. The number of halogens is 1. The number of benzene rings is 1. The molecule has 2 aliphatic carbocycles. The average molecular weight is 442 g/mol. The van der Waals surface area contributed by atoms with Crippen LogP contribution in [0.25, 0.3) is 0 Å². The van der Waals surface area contributed by atoms with Gasteiger partial charge in [-0.1, -0.05) is 0 Å². The van der Waals surface area contributed by atoms with E-state index in [0.717, 1.165) is 0 Å². The Labute approximate surface area is 142 Å². The first kappa shape index (κ1) is 16.9. The third-order valence-electron chi connectivity index (χ3n) is 5.20. The molecule has 0 unspecified atom stereocenters. The zero-order valence-corrected chi connectivity index (χ0v) is 16.9. The summed E-state index contributed by atoms with van der Waals surface area (Å²) < 4.78 is 4.17. The van der Waals surface area contributed by atoms with E-state index in [1.165, 1.54) is 46.4 Å². The summed E-state index contributed by atoms with van der Waals surface area (Å²) in [6.45, 7) is 0. The van der Waals surface area contributed by atoms with E-state index in [2.05, 4.69) is 30.3 Å². The van der Waals surface area contributed by atoms with Gasteiger partial charge in [-0.3, -0.25) is 0 Å². The summed E-state index contributed by atoms with van der Waals surface area (Å²) in [6, 6.07) is 11.8. The van der Waals surface area contributed by atoms with Crippen molar-refractivity contribution in [1.82, 2.24) is 0 Å². The Balaban J connectivity index is 0.00000147. The molecule has 2 aliphatic rings. The van der Waals surface area contributed by atoms with E-state index in [1.807, 2.05) is 3.58 Å². The van der Waals surface area contributed by atoms with E-state index < -0.39 is 19.8 Å². The van der Waals surface area contributed by atoms with Crippen LogP contribution in [-0.2, 0) is 0 Å². The molecule has 3 rings (SSSR count). The average Bonchev–Trinajstić information content (AvgIpc) is 2.51. The van der Waals surface area contributed by atoms with Crippen LogP contribution in [0.2, 0.25) is 7.87 Å². The first-order chi connectivity index (χ1) is 9.45. The molecule has 20 heavy (non-hydrogen) atoms. The van der Waals surface area contributed by atoms with Crippen molar-refractivity contribution < 1.29 is 17.0 Å². The molecule has 110 valence electrons. The normalized spacial score (nSPS) is 21.2. The van der Waals surface area contributed by atoms with Gasteiger partial charge < -0.3 is 17.0 Å². The van der Waals surface area contributed by atoms with Gasteiger partial charge in [0.25, 0.3) is 0 Å². The van der Waals surface area contributed by atoms with E-state index in [4.69, 9.17) is 0 Å². The van der Waals surface area contributed by atoms with Gasteiger partial charge in [0.15, 0.2) is 0 Å². The van der Waals surface area contributed by atoms with Gasteiger partial charge in [-0.2, -0.15) is 0 Å². The Morgan fingerprint density at radius 2 is 1.10 bits per heavy atom. The molecule has 0 nitrogen and oxygen atoms in total. The second-order valence-corrected chi connectivity index (χ2v) is 15.4. The first-order valence-electron chi connectivity index (χ1n) is 8.37. The molecule has 0 heterocycles. The molecule has 1 aromatic carbocycles. The van der Waals surface area contributed by atoms with Gasteiger partial charge in [0.05, 0.1) is 0 Å². The summed E-state index contributed by atoms with van der Waals surface area (Å²) >= 11 is -1.43. The van der Waals surface area contributed by atoms with E-state index in [1.54, 1.807) is 25.7 Å². The van der Waals surface area contributed by atoms with Crippen molar-refractivity contribution >= 4 is 23.3 Å². The standard InChI is InChI=1S/2C6H11.C6H5.BrH.Sn/c3*1-2-4-6-5-3-1;;/h2*1H,2-6H2;1-5H;1H;/q;;;;+1/p-1. The van der Waals surface area contributed by atoms with Crippen molar-refractivity contribution in [2.75, 3.05) is 0 Å². The molecule has 0 aliphatic heterocycles. The van der Waals surface area contributed by atoms with Gasteiger partial charge in [-0.05, 0) is 0 Å². The van der Waals surface area contributed by atoms with Gasteiger partial charge >= 0.3 is 126 Å². The Kier molecular flexibility index (Phi) is 7.44. The Hall–Kier alpha value is 0.499. The van der Waals surface area contributed by atoms with Crippen LogP contribution >= 0.6 is 0 Å².